The SMILES string of the molecule is CCc1cccc(C)c1N/C=C(/C#N)C(=O)Nc1cc(C)ccc1OC. The molecule has 0 unspecified atom stereocenters. The van der Waals surface area contributed by atoms with E-state index < -0.39 is 5.91 Å². The first-order valence-electron chi connectivity index (χ1n) is 8.41. The molecular formula is C21H23N3O2. The second-order valence-electron chi connectivity index (χ2n) is 5.93. The van der Waals surface area contributed by atoms with Crippen molar-refractivity contribution in [1.29, 1.82) is 5.26 Å². The number of carbonyl (C=O) groups is 1. The van der Waals surface area contributed by atoms with Crippen molar-refractivity contribution in [3.63, 3.8) is 0 Å². The lowest BCUT2D eigenvalue weighted by atomic mass is 10.1. The van der Waals surface area contributed by atoms with Gasteiger partial charge in [-0.1, -0.05) is 31.2 Å². The number of nitrogens with one attached hydrogen (secondary N) is 2. The Bertz CT molecular complexity index is 879. The van der Waals surface area contributed by atoms with Crippen LogP contribution in [0.4, 0.5) is 11.4 Å². The highest BCUT2D eigenvalue weighted by molar-refractivity contribution is 6.07. The summed E-state index contributed by atoms with van der Waals surface area (Å²) in [4.78, 5) is 12.5. The summed E-state index contributed by atoms with van der Waals surface area (Å²) in [6.07, 6.45) is 2.30. The van der Waals surface area contributed by atoms with E-state index in [4.69, 9.17) is 4.74 Å². The van der Waals surface area contributed by atoms with Crippen LogP contribution >= 0.6 is 0 Å². The molecule has 0 aliphatic rings. The zero-order valence-electron chi connectivity index (χ0n) is 15.5. The summed E-state index contributed by atoms with van der Waals surface area (Å²) < 4.78 is 5.26. The molecule has 26 heavy (non-hydrogen) atoms. The number of nitriles is 1. The van der Waals surface area contributed by atoms with Gasteiger partial charge in [0.25, 0.3) is 5.91 Å². The van der Waals surface area contributed by atoms with Gasteiger partial charge in [-0.2, -0.15) is 5.26 Å². The first-order valence-corrected chi connectivity index (χ1v) is 8.41. The van der Waals surface area contributed by atoms with E-state index in [9.17, 15) is 10.1 Å². The smallest absolute Gasteiger partial charge is 0.267 e. The average molecular weight is 349 g/mol. The molecule has 0 aromatic heterocycles. The lowest BCUT2D eigenvalue weighted by Crippen LogP contribution is -2.15. The molecule has 0 radical (unpaired) electrons. The van der Waals surface area contributed by atoms with Crippen LogP contribution in [0.1, 0.15) is 23.6 Å². The summed E-state index contributed by atoms with van der Waals surface area (Å²) in [5.41, 5.74) is 4.60. The van der Waals surface area contributed by atoms with E-state index in [0.29, 0.717) is 11.4 Å². The maximum absolute atomic E-state index is 12.5. The van der Waals surface area contributed by atoms with Gasteiger partial charge in [-0.25, -0.2) is 0 Å². The van der Waals surface area contributed by atoms with Gasteiger partial charge >= 0.3 is 0 Å². The molecule has 1 amide bonds. The summed E-state index contributed by atoms with van der Waals surface area (Å²) in [6.45, 7) is 5.97. The number of ether oxygens (including phenoxy) is 1. The van der Waals surface area contributed by atoms with Crippen molar-refractivity contribution in [1.82, 2.24) is 0 Å². The minimum Gasteiger partial charge on any atom is -0.495 e. The molecule has 0 saturated carbocycles. The number of benzene rings is 2. The fourth-order valence-electron chi connectivity index (χ4n) is 2.63. The van der Waals surface area contributed by atoms with Gasteiger partial charge in [-0.05, 0) is 49.1 Å². The van der Waals surface area contributed by atoms with Gasteiger partial charge < -0.3 is 15.4 Å². The Morgan fingerprint density at radius 1 is 1.27 bits per heavy atom. The summed E-state index contributed by atoms with van der Waals surface area (Å²) in [6, 6.07) is 13.4. The van der Waals surface area contributed by atoms with E-state index in [1.165, 1.54) is 13.3 Å². The molecule has 0 spiro atoms. The van der Waals surface area contributed by atoms with Crippen molar-refractivity contribution in [2.45, 2.75) is 27.2 Å². The highest BCUT2D eigenvalue weighted by Gasteiger charge is 2.13. The average Bonchev–Trinajstić information content (AvgIpc) is 2.63. The molecule has 5 heteroatoms. The Morgan fingerprint density at radius 3 is 2.69 bits per heavy atom. The lowest BCUT2D eigenvalue weighted by molar-refractivity contribution is -0.112. The van der Waals surface area contributed by atoms with Gasteiger partial charge in [0.1, 0.15) is 17.4 Å². The maximum Gasteiger partial charge on any atom is 0.267 e. The van der Waals surface area contributed by atoms with Crippen LogP contribution < -0.4 is 15.4 Å². The van der Waals surface area contributed by atoms with Crippen molar-refractivity contribution in [2.75, 3.05) is 17.7 Å². The number of nitrogens with zero attached hydrogens (tertiary/aromatic N) is 1. The molecule has 0 fully saturated rings. The predicted molar refractivity (Wildman–Crippen MR) is 104 cm³/mol. The van der Waals surface area contributed by atoms with Crippen LogP contribution in [0.25, 0.3) is 0 Å². The van der Waals surface area contributed by atoms with Crippen LogP contribution in [0.5, 0.6) is 5.75 Å². The van der Waals surface area contributed by atoms with Gasteiger partial charge in [0.15, 0.2) is 0 Å². The predicted octanol–water partition coefficient (Wildman–Crippen LogP) is 4.33. The summed E-state index contributed by atoms with van der Waals surface area (Å²) in [7, 11) is 1.54. The molecule has 0 saturated heterocycles. The van der Waals surface area contributed by atoms with Crippen LogP contribution in [-0.4, -0.2) is 13.0 Å². The van der Waals surface area contributed by atoms with Gasteiger partial charge in [-0.3, -0.25) is 4.79 Å². The Kier molecular flexibility index (Phi) is 6.40. The number of carbonyl (C=O) groups excluding carboxylic acids is 1. The topological polar surface area (TPSA) is 74.2 Å². The van der Waals surface area contributed by atoms with Crippen LogP contribution in [0.15, 0.2) is 48.2 Å². The van der Waals surface area contributed by atoms with Crippen LogP contribution in [0, 0.1) is 25.2 Å². The first kappa shape index (κ1) is 19.1. The minimum absolute atomic E-state index is 0.0149. The fourth-order valence-corrected chi connectivity index (χ4v) is 2.63. The zero-order valence-corrected chi connectivity index (χ0v) is 15.5. The molecule has 2 N–H and O–H groups in total. The summed E-state index contributed by atoms with van der Waals surface area (Å²) in [5.74, 6) is 0.0527. The van der Waals surface area contributed by atoms with Crippen molar-refractivity contribution in [3.05, 3.63) is 64.9 Å². The fraction of sp³-hybridized carbons (Fsp3) is 0.238. The monoisotopic (exact) mass is 349 g/mol. The molecule has 2 aromatic carbocycles. The number of methoxy groups -OCH3 is 1. The third-order valence-electron chi connectivity index (χ3n) is 4.07. The number of hydrogen-bond acceptors (Lipinski definition) is 4. The Hall–Kier alpha value is -3.26. The normalized spacial score (nSPS) is 10.8. The molecule has 5 nitrogen and oxygen atoms in total. The quantitative estimate of drug-likeness (QED) is 0.601. The lowest BCUT2D eigenvalue weighted by Gasteiger charge is -2.12. The van der Waals surface area contributed by atoms with Crippen molar-refractivity contribution in [2.24, 2.45) is 0 Å². The van der Waals surface area contributed by atoms with Gasteiger partial charge in [0.2, 0.25) is 0 Å². The first-order chi connectivity index (χ1) is 12.5. The highest BCUT2D eigenvalue weighted by Crippen LogP contribution is 2.26. The summed E-state index contributed by atoms with van der Waals surface area (Å²) >= 11 is 0. The molecule has 2 rings (SSSR count). The number of para-hydroxylation sites is 1. The second-order valence-corrected chi connectivity index (χ2v) is 5.93. The molecule has 0 atom stereocenters. The number of anilines is 2. The Morgan fingerprint density at radius 2 is 2.04 bits per heavy atom. The third-order valence-corrected chi connectivity index (χ3v) is 4.07. The number of aryl methyl sites for hydroxylation is 3. The Labute approximate surface area is 154 Å². The van der Waals surface area contributed by atoms with E-state index in [1.54, 1.807) is 12.1 Å². The van der Waals surface area contributed by atoms with E-state index in [2.05, 4.69) is 17.6 Å². The van der Waals surface area contributed by atoms with Gasteiger partial charge in [0.05, 0.1) is 12.8 Å². The third kappa shape index (κ3) is 4.42. The van der Waals surface area contributed by atoms with Gasteiger partial charge in [-0.15, -0.1) is 0 Å². The Balaban J connectivity index is 2.24. The van der Waals surface area contributed by atoms with Crippen LogP contribution in [0.2, 0.25) is 0 Å². The van der Waals surface area contributed by atoms with E-state index in [-0.39, 0.29) is 5.57 Å². The highest BCUT2D eigenvalue weighted by atomic mass is 16.5. The van der Waals surface area contributed by atoms with Crippen molar-refractivity contribution in [3.8, 4) is 11.8 Å². The van der Waals surface area contributed by atoms with E-state index >= 15 is 0 Å². The molecular weight excluding hydrogens is 326 g/mol. The minimum atomic E-state index is -0.490. The molecule has 2 aromatic rings. The van der Waals surface area contributed by atoms with Crippen LogP contribution in [-0.2, 0) is 11.2 Å². The van der Waals surface area contributed by atoms with E-state index in [1.807, 2.05) is 44.2 Å². The molecule has 0 aliphatic heterocycles. The van der Waals surface area contributed by atoms with Crippen molar-refractivity contribution < 1.29 is 9.53 Å². The molecule has 0 bridgehead atoms. The largest absolute Gasteiger partial charge is 0.495 e. The number of rotatable bonds is 6. The number of hydrogen-bond donors (Lipinski definition) is 2. The van der Waals surface area contributed by atoms with Crippen LogP contribution in [0.3, 0.4) is 0 Å². The maximum atomic E-state index is 12.5. The zero-order chi connectivity index (χ0) is 19.1. The molecule has 0 heterocycles. The van der Waals surface area contributed by atoms with E-state index in [0.717, 1.165) is 28.8 Å². The molecule has 134 valence electrons. The standard InChI is InChI=1S/C21H23N3O2/c1-5-16-8-6-7-15(3)20(16)23-13-17(12-22)21(25)24-18-11-14(2)9-10-19(18)26-4/h6-11,13,23H,5H2,1-4H3,(H,24,25)/b17-13-. The van der Waals surface area contributed by atoms with Gasteiger partial charge in [0, 0.05) is 11.9 Å². The summed E-state index contributed by atoms with van der Waals surface area (Å²) in [5, 5.41) is 15.2. The second kappa shape index (κ2) is 8.72. The molecule has 0 aliphatic carbocycles. The van der Waals surface area contributed by atoms with Crippen molar-refractivity contribution >= 4 is 17.3 Å². The number of amides is 1.